The molecule has 1 aliphatic heterocycles. The second-order valence-corrected chi connectivity index (χ2v) is 5.79. The maximum Gasteiger partial charge on any atom is 0.308 e. The standard InChI is InChI=1S/C14H16BrNO3/c1-8-3-4-10(7-12(8)15)13(17)16-6-5-11(9(16)2)14(18)19/h3-4,7,9,11H,5-6H2,1-2H3,(H,18,19). The summed E-state index contributed by atoms with van der Waals surface area (Å²) >= 11 is 3.41. The highest BCUT2D eigenvalue weighted by Gasteiger charge is 2.38. The van der Waals surface area contributed by atoms with Gasteiger partial charge in [0.2, 0.25) is 0 Å². The lowest BCUT2D eigenvalue weighted by Gasteiger charge is -2.23. The topological polar surface area (TPSA) is 57.6 Å². The average Bonchev–Trinajstić information content (AvgIpc) is 2.74. The molecule has 1 heterocycles. The predicted octanol–water partition coefficient (Wildman–Crippen LogP) is 2.69. The van der Waals surface area contributed by atoms with Crippen molar-refractivity contribution in [2.45, 2.75) is 26.3 Å². The zero-order chi connectivity index (χ0) is 14.2. The Balaban J connectivity index is 2.21. The van der Waals surface area contributed by atoms with Crippen molar-refractivity contribution >= 4 is 27.8 Å². The van der Waals surface area contributed by atoms with E-state index >= 15 is 0 Å². The fourth-order valence-corrected chi connectivity index (χ4v) is 2.83. The molecule has 1 aromatic rings. The summed E-state index contributed by atoms with van der Waals surface area (Å²) in [5.41, 5.74) is 1.66. The first-order chi connectivity index (χ1) is 8.91. The molecule has 2 rings (SSSR count). The van der Waals surface area contributed by atoms with Crippen LogP contribution in [0, 0.1) is 12.8 Å². The first-order valence-corrected chi connectivity index (χ1v) is 7.01. The number of aliphatic carboxylic acids is 1. The van der Waals surface area contributed by atoms with Crippen molar-refractivity contribution in [3.8, 4) is 0 Å². The van der Waals surface area contributed by atoms with Crippen LogP contribution in [0.2, 0.25) is 0 Å². The summed E-state index contributed by atoms with van der Waals surface area (Å²) in [6.45, 7) is 4.26. The number of carboxylic acids is 1. The van der Waals surface area contributed by atoms with Gasteiger partial charge >= 0.3 is 5.97 Å². The molecule has 4 nitrogen and oxygen atoms in total. The molecule has 19 heavy (non-hydrogen) atoms. The van der Waals surface area contributed by atoms with E-state index in [2.05, 4.69) is 15.9 Å². The number of hydrogen-bond acceptors (Lipinski definition) is 2. The first-order valence-electron chi connectivity index (χ1n) is 6.21. The summed E-state index contributed by atoms with van der Waals surface area (Å²) in [5.74, 6) is -1.39. The lowest BCUT2D eigenvalue weighted by molar-refractivity contribution is -0.142. The Morgan fingerprint density at radius 1 is 1.42 bits per heavy atom. The van der Waals surface area contributed by atoms with Gasteiger partial charge in [0, 0.05) is 22.6 Å². The van der Waals surface area contributed by atoms with Crippen LogP contribution in [0.1, 0.15) is 29.3 Å². The van der Waals surface area contributed by atoms with Crippen molar-refractivity contribution in [2.75, 3.05) is 6.54 Å². The molecule has 2 atom stereocenters. The lowest BCUT2D eigenvalue weighted by atomic mass is 10.0. The number of aryl methyl sites for hydroxylation is 1. The van der Waals surface area contributed by atoms with Crippen molar-refractivity contribution in [1.29, 1.82) is 0 Å². The highest BCUT2D eigenvalue weighted by atomic mass is 79.9. The fourth-order valence-electron chi connectivity index (χ4n) is 2.45. The minimum atomic E-state index is -0.826. The number of amides is 1. The predicted molar refractivity (Wildman–Crippen MR) is 75.1 cm³/mol. The minimum Gasteiger partial charge on any atom is -0.481 e. The SMILES string of the molecule is Cc1ccc(C(=O)N2CCC(C(=O)O)C2C)cc1Br. The van der Waals surface area contributed by atoms with Gasteiger partial charge in [-0.25, -0.2) is 0 Å². The molecule has 1 saturated heterocycles. The van der Waals surface area contributed by atoms with Gasteiger partial charge in [-0.2, -0.15) is 0 Å². The van der Waals surface area contributed by atoms with E-state index in [1.54, 1.807) is 24.0 Å². The third-order valence-corrected chi connectivity index (χ3v) is 4.61. The van der Waals surface area contributed by atoms with Crippen molar-refractivity contribution in [1.82, 2.24) is 4.90 Å². The number of halogens is 1. The molecule has 5 heteroatoms. The van der Waals surface area contributed by atoms with Gasteiger partial charge < -0.3 is 10.0 Å². The van der Waals surface area contributed by atoms with Gasteiger partial charge in [-0.05, 0) is 38.0 Å². The van der Waals surface area contributed by atoms with E-state index in [0.717, 1.165) is 10.0 Å². The quantitative estimate of drug-likeness (QED) is 0.909. The van der Waals surface area contributed by atoms with Crippen molar-refractivity contribution in [3.63, 3.8) is 0 Å². The molecule has 0 radical (unpaired) electrons. The molecule has 1 N–H and O–H groups in total. The molecule has 0 bridgehead atoms. The Morgan fingerprint density at radius 2 is 2.11 bits per heavy atom. The van der Waals surface area contributed by atoms with Crippen molar-refractivity contribution < 1.29 is 14.7 Å². The highest BCUT2D eigenvalue weighted by Crippen LogP contribution is 2.27. The molecule has 1 amide bonds. The van der Waals surface area contributed by atoms with Gasteiger partial charge in [0.15, 0.2) is 0 Å². The molecule has 1 aliphatic rings. The van der Waals surface area contributed by atoms with E-state index in [0.29, 0.717) is 18.5 Å². The number of rotatable bonds is 2. The molecular weight excluding hydrogens is 310 g/mol. The Kier molecular flexibility index (Phi) is 3.94. The maximum absolute atomic E-state index is 12.4. The molecule has 2 unspecified atom stereocenters. The van der Waals surface area contributed by atoms with Crippen LogP contribution >= 0.6 is 15.9 Å². The fraction of sp³-hybridized carbons (Fsp3) is 0.429. The van der Waals surface area contributed by atoms with E-state index in [1.807, 2.05) is 13.0 Å². The van der Waals surface area contributed by atoms with Crippen LogP contribution in [0.15, 0.2) is 22.7 Å². The summed E-state index contributed by atoms with van der Waals surface area (Å²) in [7, 11) is 0. The van der Waals surface area contributed by atoms with Gasteiger partial charge in [0.1, 0.15) is 0 Å². The second-order valence-electron chi connectivity index (χ2n) is 4.94. The summed E-state index contributed by atoms with van der Waals surface area (Å²) in [4.78, 5) is 25.1. The summed E-state index contributed by atoms with van der Waals surface area (Å²) in [6, 6.07) is 5.19. The molecule has 0 saturated carbocycles. The Labute approximate surface area is 120 Å². The van der Waals surface area contributed by atoms with E-state index in [9.17, 15) is 9.59 Å². The number of carbonyl (C=O) groups excluding carboxylic acids is 1. The van der Waals surface area contributed by atoms with Crippen LogP contribution in [-0.4, -0.2) is 34.5 Å². The lowest BCUT2D eigenvalue weighted by Crippen LogP contribution is -2.37. The Morgan fingerprint density at radius 3 is 2.63 bits per heavy atom. The monoisotopic (exact) mass is 325 g/mol. The zero-order valence-corrected chi connectivity index (χ0v) is 12.5. The average molecular weight is 326 g/mol. The number of nitrogens with zero attached hydrogens (tertiary/aromatic N) is 1. The van der Waals surface area contributed by atoms with E-state index in [-0.39, 0.29) is 11.9 Å². The van der Waals surface area contributed by atoms with Crippen LogP contribution in [0.4, 0.5) is 0 Å². The van der Waals surface area contributed by atoms with Crippen molar-refractivity contribution in [3.05, 3.63) is 33.8 Å². The summed E-state index contributed by atoms with van der Waals surface area (Å²) in [5, 5.41) is 9.09. The van der Waals surface area contributed by atoms with Crippen LogP contribution in [-0.2, 0) is 4.79 Å². The van der Waals surface area contributed by atoms with Gasteiger partial charge in [0.25, 0.3) is 5.91 Å². The smallest absolute Gasteiger partial charge is 0.308 e. The van der Waals surface area contributed by atoms with Gasteiger partial charge in [0.05, 0.1) is 5.92 Å². The van der Waals surface area contributed by atoms with Gasteiger partial charge in [-0.1, -0.05) is 22.0 Å². The number of carboxylic acid groups (broad SMARTS) is 1. The third-order valence-electron chi connectivity index (χ3n) is 3.75. The van der Waals surface area contributed by atoms with Crippen LogP contribution < -0.4 is 0 Å². The molecule has 0 spiro atoms. The minimum absolute atomic E-state index is 0.100. The number of hydrogen-bond donors (Lipinski definition) is 1. The maximum atomic E-state index is 12.4. The molecule has 1 fully saturated rings. The van der Waals surface area contributed by atoms with Crippen molar-refractivity contribution in [2.24, 2.45) is 5.92 Å². The Bertz CT molecular complexity index is 529. The highest BCUT2D eigenvalue weighted by molar-refractivity contribution is 9.10. The summed E-state index contributed by atoms with van der Waals surface area (Å²) < 4.78 is 0.889. The largest absolute Gasteiger partial charge is 0.481 e. The zero-order valence-electron chi connectivity index (χ0n) is 10.9. The number of carbonyl (C=O) groups is 2. The first kappa shape index (κ1) is 14.1. The van der Waals surface area contributed by atoms with E-state index < -0.39 is 11.9 Å². The normalized spacial score (nSPS) is 22.6. The summed E-state index contributed by atoms with van der Waals surface area (Å²) in [6.07, 6.45) is 0.523. The Hall–Kier alpha value is -1.36. The van der Waals surface area contributed by atoms with Gasteiger partial charge in [-0.15, -0.1) is 0 Å². The molecule has 1 aromatic carbocycles. The molecule has 102 valence electrons. The molecular formula is C14H16BrNO3. The van der Waals surface area contributed by atoms with Gasteiger partial charge in [-0.3, -0.25) is 9.59 Å². The van der Waals surface area contributed by atoms with Crippen LogP contribution in [0.25, 0.3) is 0 Å². The molecule has 0 aliphatic carbocycles. The second kappa shape index (κ2) is 5.33. The van der Waals surface area contributed by atoms with Crippen LogP contribution in [0.3, 0.4) is 0 Å². The number of likely N-dealkylation sites (tertiary alicyclic amines) is 1. The third kappa shape index (κ3) is 2.66. The van der Waals surface area contributed by atoms with E-state index in [4.69, 9.17) is 5.11 Å². The van der Waals surface area contributed by atoms with E-state index in [1.165, 1.54) is 0 Å². The van der Waals surface area contributed by atoms with Crippen LogP contribution in [0.5, 0.6) is 0 Å². The number of benzene rings is 1. The molecule has 0 aromatic heterocycles.